The number of halogens is 2. The third-order valence-electron chi connectivity index (χ3n) is 2.60. The summed E-state index contributed by atoms with van der Waals surface area (Å²) in [5.74, 6) is -0.255. The molecule has 0 heterocycles. The largest absolute Gasteiger partial charge is 0.425 e. The molecule has 1 aromatic carbocycles. The summed E-state index contributed by atoms with van der Waals surface area (Å²) in [6, 6.07) is 4.01. The Balaban J connectivity index is 2.31. The first-order valence-electron chi connectivity index (χ1n) is 6.29. The van der Waals surface area contributed by atoms with Gasteiger partial charge >= 0.3 is 5.97 Å². The van der Waals surface area contributed by atoms with Gasteiger partial charge in [0.2, 0.25) is 0 Å². The van der Waals surface area contributed by atoms with Crippen molar-refractivity contribution in [3.63, 3.8) is 0 Å². The highest BCUT2D eigenvalue weighted by molar-refractivity contribution is 9.10. The molecule has 0 atom stereocenters. The number of ether oxygens (including phenoxy) is 1. The van der Waals surface area contributed by atoms with E-state index < -0.39 is 0 Å². The maximum atomic E-state index is 12.8. The molecule has 0 amide bonds. The third kappa shape index (κ3) is 5.63. The highest BCUT2D eigenvalue weighted by atomic mass is 79.9. The molecule has 0 saturated carbocycles. The van der Waals surface area contributed by atoms with Gasteiger partial charge in [-0.25, -0.2) is 4.39 Å². The molecule has 0 saturated heterocycles. The SMILES string of the molecule is CCCCCCCC(=O)Oc1ccc(F)cc1Br. The molecule has 0 unspecified atom stereocenters. The highest BCUT2D eigenvalue weighted by Gasteiger charge is 2.08. The van der Waals surface area contributed by atoms with E-state index in [4.69, 9.17) is 4.74 Å². The van der Waals surface area contributed by atoms with Gasteiger partial charge in [-0.3, -0.25) is 4.79 Å². The van der Waals surface area contributed by atoms with E-state index >= 15 is 0 Å². The Morgan fingerprint density at radius 1 is 1.28 bits per heavy atom. The summed E-state index contributed by atoms with van der Waals surface area (Å²) in [6.45, 7) is 2.15. The first kappa shape index (κ1) is 15.2. The Bertz CT molecular complexity index is 393. The topological polar surface area (TPSA) is 26.3 Å². The number of esters is 1. The predicted octanol–water partition coefficient (Wildman–Crippen LogP) is 4.85. The lowest BCUT2D eigenvalue weighted by atomic mass is 10.1. The van der Waals surface area contributed by atoms with Crippen LogP contribution in [0.5, 0.6) is 5.75 Å². The average molecular weight is 317 g/mol. The van der Waals surface area contributed by atoms with Crippen LogP contribution in [0.1, 0.15) is 45.4 Å². The summed E-state index contributed by atoms with van der Waals surface area (Å²) in [6.07, 6.45) is 5.86. The zero-order chi connectivity index (χ0) is 13.4. The zero-order valence-corrected chi connectivity index (χ0v) is 12.1. The van der Waals surface area contributed by atoms with Crippen LogP contribution in [0.4, 0.5) is 4.39 Å². The Labute approximate surface area is 116 Å². The minimum Gasteiger partial charge on any atom is -0.425 e. The molecule has 0 radical (unpaired) electrons. The minimum absolute atomic E-state index is 0.265. The lowest BCUT2D eigenvalue weighted by Gasteiger charge is -2.06. The Kier molecular flexibility index (Phi) is 6.94. The fraction of sp³-hybridized carbons (Fsp3) is 0.500. The summed E-state index contributed by atoms with van der Waals surface area (Å²) in [4.78, 5) is 11.5. The van der Waals surface area contributed by atoms with E-state index in [1.807, 2.05) is 0 Å². The number of carbonyl (C=O) groups excluding carboxylic acids is 1. The van der Waals surface area contributed by atoms with Crippen molar-refractivity contribution in [2.45, 2.75) is 45.4 Å². The molecule has 18 heavy (non-hydrogen) atoms. The molecule has 0 N–H and O–H groups in total. The van der Waals surface area contributed by atoms with Crippen molar-refractivity contribution in [2.75, 3.05) is 0 Å². The van der Waals surface area contributed by atoms with E-state index in [9.17, 15) is 9.18 Å². The summed E-state index contributed by atoms with van der Waals surface area (Å²) in [5, 5.41) is 0. The molecule has 0 spiro atoms. The molecule has 0 aliphatic heterocycles. The maximum absolute atomic E-state index is 12.8. The standard InChI is InChI=1S/C14H18BrFO2/c1-2-3-4-5-6-7-14(17)18-13-9-8-11(16)10-12(13)15/h8-10H,2-7H2,1H3. The van der Waals surface area contributed by atoms with E-state index in [1.165, 1.54) is 31.0 Å². The molecular formula is C14H18BrFO2. The van der Waals surface area contributed by atoms with Gasteiger partial charge in [0, 0.05) is 6.42 Å². The average Bonchev–Trinajstić information content (AvgIpc) is 2.32. The third-order valence-corrected chi connectivity index (χ3v) is 3.22. The first-order chi connectivity index (χ1) is 8.63. The minimum atomic E-state index is -0.360. The summed E-state index contributed by atoms with van der Waals surface area (Å²) in [7, 11) is 0. The second-order valence-corrected chi connectivity index (χ2v) is 5.07. The number of rotatable bonds is 7. The van der Waals surface area contributed by atoms with Gasteiger partial charge in [0.1, 0.15) is 11.6 Å². The Hall–Kier alpha value is -0.900. The van der Waals surface area contributed by atoms with E-state index in [0.717, 1.165) is 19.3 Å². The molecule has 4 heteroatoms. The second kappa shape index (κ2) is 8.25. The van der Waals surface area contributed by atoms with Crippen molar-refractivity contribution in [1.82, 2.24) is 0 Å². The molecule has 100 valence electrons. The smallest absolute Gasteiger partial charge is 0.311 e. The van der Waals surface area contributed by atoms with Crippen LogP contribution in [-0.2, 0) is 4.79 Å². The molecule has 0 fully saturated rings. The van der Waals surface area contributed by atoms with Gasteiger partial charge in [0.05, 0.1) is 4.47 Å². The van der Waals surface area contributed by atoms with Crippen molar-refractivity contribution in [2.24, 2.45) is 0 Å². The molecular weight excluding hydrogens is 299 g/mol. The molecule has 1 rings (SSSR count). The molecule has 0 aliphatic rings. The van der Waals surface area contributed by atoms with Crippen molar-refractivity contribution in [3.8, 4) is 5.75 Å². The Morgan fingerprint density at radius 2 is 2.00 bits per heavy atom. The summed E-state index contributed by atoms with van der Waals surface area (Å²) in [5.41, 5.74) is 0. The first-order valence-corrected chi connectivity index (χ1v) is 7.08. The van der Waals surface area contributed by atoms with Crippen LogP contribution in [0.15, 0.2) is 22.7 Å². The molecule has 0 bridgehead atoms. The summed E-state index contributed by atoms with van der Waals surface area (Å²) >= 11 is 3.16. The van der Waals surface area contributed by atoms with E-state index in [-0.39, 0.29) is 11.8 Å². The lowest BCUT2D eigenvalue weighted by molar-refractivity contribution is -0.134. The molecule has 0 aliphatic carbocycles. The van der Waals surface area contributed by atoms with Gasteiger partial charge in [-0.2, -0.15) is 0 Å². The van der Waals surface area contributed by atoms with Gasteiger partial charge in [0.25, 0.3) is 0 Å². The number of hydrogen-bond donors (Lipinski definition) is 0. The van der Waals surface area contributed by atoms with Crippen molar-refractivity contribution >= 4 is 21.9 Å². The van der Waals surface area contributed by atoms with Crippen LogP contribution >= 0.6 is 15.9 Å². The predicted molar refractivity (Wildman–Crippen MR) is 73.1 cm³/mol. The second-order valence-electron chi connectivity index (χ2n) is 4.21. The van der Waals surface area contributed by atoms with E-state index in [1.54, 1.807) is 0 Å². The van der Waals surface area contributed by atoms with Crippen LogP contribution < -0.4 is 4.74 Å². The van der Waals surface area contributed by atoms with Crippen LogP contribution in [0.3, 0.4) is 0 Å². The van der Waals surface area contributed by atoms with Gasteiger partial charge in [-0.05, 0) is 40.5 Å². The van der Waals surface area contributed by atoms with Crippen LogP contribution in [0.25, 0.3) is 0 Å². The molecule has 1 aromatic rings. The van der Waals surface area contributed by atoms with Gasteiger partial charge < -0.3 is 4.74 Å². The van der Waals surface area contributed by atoms with Crippen LogP contribution in [0, 0.1) is 5.82 Å². The van der Waals surface area contributed by atoms with Crippen LogP contribution in [0.2, 0.25) is 0 Å². The number of benzene rings is 1. The fourth-order valence-electron chi connectivity index (χ4n) is 1.60. The van der Waals surface area contributed by atoms with Gasteiger partial charge in [-0.15, -0.1) is 0 Å². The quantitative estimate of drug-likeness (QED) is 0.408. The van der Waals surface area contributed by atoms with Gasteiger partial charge in [-0.1, -0.05) is 32.6 Å². The highest BCUT2D eigenvalue weighted by Crippen LogP contribution is 2.25. The fourth-order valence-corrected chi connectivity index (χ4v) is 2.04. The maximum Gasteiger partial charge on any atom is 0.311 e. The molecule has 2 nitrogen and oxygen atoms in total. The zero-order valence-electron chi connectivity index (χ0n) is 10.5. The molecule has 0 aromatic heterocycles. The summed E-state index contributed by atoms with van der Waals surface area (Å²) < 4.78 is 18.4. The van der Waals surface area contributed by atoms with E-state index in [2.05, 4.69) is 22.9 Å². The van der Waals surface area contributed by atoms with Crippen LogP contribution in [-0.4, -0.2) is 5.97 Å². The van der Waals surface area contributed by atoms with E-state index in [0.29, 0.717) is 16.6 Å². The normalized spacial score (nSPS) is 10.4. The van der Waals surface area contributed by atoms with Gasteiger partial charge in [0.15, 0.2) is 0 Å². The lowest BCUT2D eigenvalue weighted by Crippen LogP contribution is -2.08. The number of unbranched alkanes of at least 4 members (excludes halogenated alkanes) is 4. The number of hydrogen-bond acceptors (Lipinski definition) is 2. The van der Waals surface area contributed by atoms with Crippen molar-refractivity contribution in [1.29, 1.82) is 0 Å². The number of carbonyl (C=O) groups is 1. The van der Waals surface area contributed by atoms with Crippen molar-refractivity contribution in [3.05, 3.63) is 28.5 Å². The monoisotopic (exact) mass is 316 g/mol. The van der Waals surface area contributed by atoms with Crippen molar-refractivity contribution < 1.29 is 13.9 Å². The Morgan fingerprint density at radius 3 is 2.67 bits per heavy atom.